The predicted octanol–water partition coefficient (Wildman–Crippen LogP) is 2.27. The number of nitrogens with two attached hydrogens (primary N) is 1. The van der Waals surface area contributed by atoms with Gasteiger partial charge in [0.05, 0.1) is 19.2 Å². The molecule has 1 heterocycles. The zero-order chi connectivity index (χ0) is 20.4. The number of hydrogen-bond donors (Lipinski definition) is 1. The van der Waals surface area contributed by atoms with Crippen LogP contribution in [0.1, 0.15) is 31.1 Å². The highest BCUT2D eigenvalue weighted by Gasteiger charge is 2.39. The van der Waals surface area contributed by atoms with Gasteiger partial charge in [0.25, 0.3) is 5.91 Å². The molecule has 0 bridgehead atoms. The van der Waals surface area contributed by atoms with Gasteiger partial charge in [0.1, 0.15) is 11.6 Å². The lowest BCUT2D eigenvalue weighted by molar-refractivity contribution is -0.147. The number of anilines is 1. The van der Waals surface area contributed by atoms with Gasteiger partial charge in [-0.1, -0.05) is 15.9 Å². The van der Waals surface area contributed by atoms with E-state index in [-0.39, 0.29) is 25.2 Å². The van der Waals surface area contributed by atoms with Gasteiger partial charge >= 0.3 is 12.1 Å². The average Bonchev–Trinajstić information content (AvgIpc) is 2.60. The smallest absolute Gasteiger partial charge is 0.410 e. The molecule has 27 heavy (non-hydrogen) atoms. The summed E-state index contributed by atoms with van der Waals surface area (Å²) >= 11 is 3.32. The zero-order valence-electron chi connectivity index (χ0n) is 15.8. The first kappa shape index (κ1) is 21.0. The topological polar surface area (TPSA) is 102 Å². The van der Waals surface area contributed by atoms with Crippen LogP contribution in [0.15, 0.2) is 22.7 Å². The van der Waals surface area contributed by atoms with Crippen molar-refractivity contribution in [2.24, 2.45) is 0 Å². The molecule has 1 aromatic rings. The van der Waals surface area contributed by atoms with Crippen LogP contribution in [0.4, 0.5) is 10.5 Å². The molecule has 0 spiro atoms. The molecule has 1 atom stereocenters. The Kier molecular flexibility index (Phi) is 6.35. The summed E-state index contributed by atoms with van der Waals surface area (Å²) in [6.07, 6.45) is -0.537. The summed E-state index contributed by atoms with van der Waals surface area (Å²) in [6, 6.07) is 4.00. The van der Waals surface area contributed by atoms with Crippen LogP contribution < -0.4 is 5.73 Å². The van der Waals surface area contributed by atoms with Crippen LogP contribution in [0.2, 0.25) is 0 Å². The first-order valence-corrected chi connectivity index (χ1v) is 9.24. The molecule has 1 unspecified atom stereocenters. The van der Waals surface area contributed by atoms with Gasteiger partial charge in [0.2, 0.25) is 0 Å². The Morgan fingerprint density at radius 2 is 1.89 bits per heavy atom. The van der Waals surface area contributed by atoms with Crippen LogP contribution in [0, 0.1) is 0 Å². The number of carbonyl (C=O) groups is 3. The molecular weight excluding hydrogens is 418 g/mol. The standard InChI is InChI=1S/C18H24BrN3O5/c1-18(2,3)27-17(25)21-7-8-22(14(10-21)16(24)26-4)15(23)12-9-11(19)5-6-13(12)20/h5-6,9,14H,7-8,10,20H2,1-4H3. The van der Waals surface area contributed by atoms with E-state index in [1.54, 1.807) is 39.0 Å². The van der Waals surface area contributed by atoms with Crippen molar-refractivity contribution in [2.45, 2.75) is 32.4 Å². The molecule has 2 N–H and O–H groups in total. The summed E-state index contributed by atoms with van der Waals surface area (Å²) in [4.78, 5) is 40.4. The fourth-order valence-electron chi connectivity index (χ4n) is 2.72. The van der Waals surface area contributed by atoms with E-state index >= 15 is 0 Å². The molecule has 0 radical (unpaired) electrons. The van der Waals surface area contributed by atoms with Crippen molar-refractivity contribution in [3.8, 4) is 0 Å². The lowest BCUT2D eigenvalue weighted by Crippen LogP contribution is -2.60. The van der Waals surface area contributed by atoms with Gasteiger partial charge in [-0.2, -0.15) is 0 Å². The third-order valence-corrected chi connectivity index (χ3v) is 4.51. The van der Waals surface area contributed by atoms with Crippen molar-refractivity contribution in [3.63, 3.8) is 0 Å². The number of hydrogen-bond acceptors (Lipinski definition) is 6. The van der Waals surface area contributed by atoms with E-state index in [2.05, 4.69) is 15.9 Å². The fraction of sp³-hybridized carbons (Fsp3) is 0.500. The number of ether oxygens (including phenoxy) is 2. The van der Waals surface area contributed by atoms with E-state index < -0.39 is 29.6 Å². The van der Waals surface area contributed by atoms with Gasteiger partial charge in [-0.3, -0.25) is 4.79 Å². The predicted molar refractivity (Wildman–Crippen MR) is 103 cm³/mol. The Hall–Kier alpha value is -2.29. The van der Waals surface area contributed by atoms with Crippen molar-refractivity contribution < 1.29 is 23.9 Å². The van der Waals surface area contributed by atoms with Gasteiger partial charge in [0, 0.05) is 23.2 Å². The molecule has 9 heteroatoms. The zero-order valence-corrected chi connectivity index (χ0v) is 17.4. The van der Waals surface area contributed by atoms with Crippen molar-refractivity contribution in [1.82, 2.24) is 9.80 Å². The molecule has 1 aromatic carbocycles. The molecule has 1 fully saturated rings. The maximum Gasteiger partial charge on any atom is 0.410 e. The minimum Gasteiger partial charge on any atom is -0.467 e. The van der Waals surface area contributed by atoms with Crippen molar-refractivity contribution >= 4 is 39.6 Å². The molecule has 1 saturated heterocycles. The molecular formula is C18H24BrN3O5. The molecule has 2 rings (SSSR count). The summed E-state index contributed by atoms with van der Waals surface area (Å²) in [5, 5.41) is 0. The molecule has 148 valence electrons. The van der Waals surface area contributed by atoms with Crippen LogP contribution in [0.3, 0.4) is 0 Å². The van der Waals surface area contributed by atoms with Crippen LogP contribution in [0.5, 0.6) is 0 Å². The highest BCUT2D eigenvalue weighted by molar-refractivity contribution is 9.10. The van der Waals surface area contributed by atoms with Crippen molar-refractivity contribution in [1.29, 1.82) is 0 Å². The summed E-state index contributed by atoms with van der Waals surface area (Å²) < 4.78 is 10.9. The number of esters is 1. The van der Waals surface area contributed by atoms with E-state index in [0.717, 1.165) is 0 Å². The van der Waals surface area contributed by atoms with Crippen LogP contribution in [0.25, 0.3) is 0 Å². The number of piperazine rings is 1. The molecule has 8 nitrogen and oxygen atoms in total. The molecule has 0 aliphatic carbocycles. The lowest BCUT2D eigenvalue weighted by Gasteiger charge is -2.40. The maximum absolute atomic E-state index is 13.0. The number of methoxy groups -OCH3 is 1. The van der Waals surface area contributed by atoms with Gasteiger partial charge in [-0.05, 0) is 39.0 Å². The first-order chi connectivity index (χ1) is 12.5. The summed E-state index contributed by atoms with van der Waals surface area (Å²) in [5.74, 6) is -1.00. The van der Waals surface area contributed by atoms with E-state index in [1.807, 2.05) is 0 Å². The van der Waals surface area contributed by atoms with Crippen LogP contribution >= 0.6 is 15.9 Å². The van der Waals surface area contributed by atoms with E-state index in [9.17, 15) is 14.4 Å². The minimum atomic E-state index is -0.942. The normalized spacial score (nSPS) is 17.4. The average molecular weight is 442 g/mol. The second-order valence-corrected chi connectivity index (χ2v) is 8.11. The van der Waals surface area contributed by atoms with E-state index in [4.69, 9.17) is 15.2 Å². The number of carbonyl (C=O) groups excluding carboxylic acids is 3. The minimum absolute atomic E-state index is 0.0127. The van der Waals surface area contributed by atoms with E-state index in [1.165, 1.54) is 16.9 Å². The number of rotatable bonds is 2. The van der Waals surface area contributed by atoms with Crippen LogP contribution in [-0.4, -0.2) is 66.2 Å². The van der Waals surface area contributed by atoms with Crippen molar-refractivity contribution in [2.75, 3.05) is 32.5 Å². The highest BCUT2D eigenvalue weighted by Crippen LogP contribution is 2.23. The molecule has 0 aromatic heterocycles. The quantitative estimate of drug-likeness (QED) is 0.557. The van der Waals surface area contributed by atoms with Gasteiger partial charge in [-0.25, -0.2) is 9.59 Å². The highest BCUT2D eigenvalue weighted by atomic mass is 79.9. The molecule has 0 saturated carbocycles. The number of halogens is 1. The van der Waals surface area contributed by atoms with Crippen molar-refractivity contribution in [3.05, 3.63) is 28.2 Å². The Morgan fingerprint density at radius 3 is 2.48 bits per heavy atom. The molecule has 1 aliphatic heterocycles. The fourth-order valence-corrected chi connectivity index (χ4v) is 3.09. The van der Waals surface area contributed by atoms with Gasteiger partial charge in [-0.15, -0.1) is 0 Å². The lowest BCUT2D eigenvalue weighted by atomic mass is 10.1. The Labute approximate surface area is 166 Å². The summed E-state index contributed by atoms with van der Waals surface area (Å²) in [5.41, 5.74) is 5.86. The van der Waals surface area contributed by atoms with Gasteiger partial charge < -0.3 is 25.0 Å². The number of benzene rings is 1. The second kappa shape index (κ2) is 8.16. The Morgan fingerprint density at radius 1 is 1.22 bits per heavy atom. The number of nitrogen functional groups attached to an aromatic ring is 1. The molecule has 2 amide bonds. The summed E-state index contributed by atoms with van der Waals surface area (Å²) in [6.45, 7) is 5.67. The summed E-state index contributed by atoms with van der Waals surface area (Å²) in [7, 11) is 1.24. The molecule has 1 aliphatic rings. The largest absolute Gasteiger partial charge is 0.467 e. The Bertz CT molecular complexity index is 747. The SMILES string of the molecule is COC(=O)C1CN(C(=O)OC(C)(C)C)CCN1C(=O)c1cc(Br)ccc1N. The number of nitrogens with zero attached hydrogens (tertiary/aromatic N) is 2. The number of amides is 2. The Balaban J connectivity index is 2.25. The van der Waals surface area contributed by atoms with Gasteiger partial charge in [0.15, 0.2) is 0 Å². The third kappa shape index (κ3) is 5.12. The second-order valence-electron chi connectivity index (χ2n) is 7.20. The third-order valence-electron chi connectivity index (χ3n) is 4.01. The first-order valence-electron chi connectivity index (χ1n) is 8.45. The maximum atomic E-state index is 13.0. The van der Waals surface area contributed by atoms with E-state index in [0.29, 0.717) is 10.2 Å². The van der Waals surface area contributed by atoms with Crippen LogP contribution in [-0.2, 0) is 14.3 Å². The monoisotopic (exact) mass is 441 g/mol.